The van der Waals surface area contributed by atoms with Crippen molar-refractivity contribution in [3.63, 3.8) is 0 Å². The van der Waals surface area contributed by atoms with E-state index in [2.05, 4.69) is 22.3 Å². The highest BCUT2D eigenvalue weighted by Crippen LogP contribution is 2.32. The van der Waals surface area contributed by atoms with Crippen molar-refractivity contribution in [3.05, 3.63) is 17.1 Å². The van der Waals surface area contributed by atoms with Crippen molar-refractivity contribution in [2.45, 2.75) is 39.5 Å². The molecule has 1 aliphatic rings. The highest BCUT2D eigenvalue weighted by molar-refractivity contribution is 5.45. The summed E-state index contributed by atoms with van der Waals surface area (Å²) < 4.78 is 0. The van der Waals surface area contributed by atoms with Crippen molar-refractivity contribution in [1.82, 2.24) is 9.97 Å². The molecule has 1 saturated carbocycles. The fourth-order valence-electron chi connectivity index (χ4n) is 1.87. The first-order valence-corrected chi connectivity index (χ1v) is 5.57. The molecule has 15 heavy (non-hydrogen) atoms. The quantitative estimate of drug-likeness (QED) is 0.580. The molecule has 4 heteroatoms. The van der Waals surface area contributed by atoms with Crippen molar-refractivity contribution in [1.29, 1.82) is 0 Å². The van der Waals surface area contributed by atoms with Gasteiger partial charge in [-0.3, -0.25) is 0 Å². The molecule has 1 aromatic heterocycles. The van der Waals surface area contributed by atoms with E-state index in [0.29, 0.717) is 0 Å². The summed E-state index contributed by atoms with van der Waals surface area (Å²) in [7, 11) is 0. The Balaban J connectivity index is 2.28. The van der Waals surface area contributed by atoms with Crippen LogP contribution in [0.4, 0.5) is 5.82 Å². The maximum absolute atomic E-state index is 5.47. The molecule has 0 amide bonds. The second-order valence-electron chi connectivity index (χ2n) is 4.20. The molecule has 3 N–H and O–H groups in total. The van der Waals surface area contributed by atoms with Crippen LogP contribution in [0, 0.1) is 12.8 Å². The van der Waals surface area contributed by atoms with E-state index >= 15 is 0 Å². The number of hydrogen-bond acceptors (Lipinski definition) is 4. The lowest BCUT2D eigenvalue weighted by atomic mass is 10.1. The van der Waals surface area contributed by atoms with Crippen LogP contribution >= 0.6 is 0 Å². The molecule has 2 rings (SSSR count). The predicted molar refractivity (Wildman–Crippen MR) is 60.4 cm³/mol. The molecular formula is C11H18N4. The molecule has 0 spiro atoms. The van der Waals surface area contributed by atoms with Crippen LogP contribution in [0.5, 0.6) is 0 Å². The van der Waals surface area contributed by atoms with Gasteiger partial charge in [-0.2, -0.15) is 0 Å². The molecule has 82 valence electrons. The van der Waals surface area contributed by atoms with E-state index in [1.807, 2.05) is 6.92 Å². The van der Waals surface area contributed by atoms with E-state index < -0.39 is 0 Å². The Kier molecular flexibility index (Phi) is 2.86. The molecule has 0 unspecified atom stereocenters. The van der Waals surface area contributed by atoms with Crippen LogP contribution < -0.4 is 11.3 Å². The van der Waals surface area contributed by atoms with Crippen LogP contribution in [-0.2, 0) is 12.8 Å². The Labute approximate surface area is 90.3 Å². The summed E-state index contributed by atoms with van der Waals surface area (Å²) in [5.41, 5.74) is 4.84. The molecule has 1 fully saturated rings. The molecule has 1 heterocycles. The van der Waals surface area contributed by atoms with Gasteiger partial charge >= 0.3 is 0 Å². The normalized spacial score (nSPS) is 15.4. The number of nitrogens with zero attached hydrogens (tertiary/aromatic N) is 2. The molecule has 0 saturated heterocycles. The van der Waals surface area contributed by atoms with Gasteiger partial charge in [0.2, 0.25) is 0 Å². The van der Waals surface area contributed by atoms with Gasteiger partial charge in [-0.25, -0.2) is 15.8 Å². The summed E-state index contributed by atoms with van der Waals surface area (Å²) in [4.78, 5) is 8.98. The Bertz CT molecular complexity index is 358. The van der Waals surface area contributed by atoms with Gasteiger partial charge in [0, 0.05) is 17.7 Å². The topological polar surface area (TPSA) is 63.8 Å². The molecule has 0 radical (unpaired) electrons. The number of nitrogen functional groups attached to an aromatic ring is 1. The van der Waals surface area contributed by atoms with Crippen LogP contribution in [0.3, 0.4) is 0 Å². The molecule has 0 aliphatic heterocycles. The Morgan fingerprint density at radius 2 is 2.13 bits per heavy atom. The number of aromatic nitrogens is 2. The van der Waals surface area contributed by atoms with Crippen molar-refractivity contribution >= 4 is 5.82 Å². The van der Waals surface area contributed by atoms with Crippen LogP contribution in [0.1, 0.15) is 36.8 Å². The monoisotopic (exact) mass is 206 g/mol. The SMILES string of the molecule is CCc1c(C)nc(CC2CC2)nc1NN. The summed E-state index contributed by atoms with van der Waals surface area (Å²) in [5.74, 6) is 8.00. The lowest BCUT2D eigenvalue weighted by molar-refractivity contribution is 0.758. The Hall–Kier alpha value is -1.16. The molecule has 1 aromatic rings. The van der Waals surface area contributed by atoms with E-state index in [1.54, 1.807) is 0 Å². The van der Waals surface area contributed by atoms with Crippen LogP contribution in [0.25, 0.3) is 0 Å². The first-order valence-electron chi connectivity index (χ1n) is 5.57. The van der Waals surface area contributed by atoms with Crippen LogP contribution in [0.15, 0.2) is 0 Å². The van der Waals surface area contributed by atoms with E-state index in [9.17, 15) is 0 Å². The van der Waals surface area contributed by atoms with Crippen LogP contribution in [0.2, 0.25) is 0 Å². The number of nitrogens with one attached hydrogen (secondary N) is 1. The maximum Gasteiger partial charge on any atom is 0.147 e. The highest BCUT2D eigenvalue weighted by atomic mass is 15.3. The van der Waals surface area contributed by atoms with E-state index in [4.69, 9.17) is 5.84 Å². The average Bonchev–Trinajstić information content (AvgIpc) is 3.00. The van der Waals surface area contributed by atoms with Gasteiger partial charge < -0.3 is 5.43 Å². The minimum Gasteiger partial charge on any atom is -0.308 e. The molecular weight excluding hydrogens is 188 g/mol. The number of rotatable bonds is 4. The minimum absolute atomic E-state index is 0.792. The number of nitrogens with two attached hydrogens (primary N) is 1. The molecule has 0 atom stereocenters. The number of hydrazine groups is 1. The second-order valence-corrected chi connectivity index (χ2v) is 4.20. The molecule has 4 nitrogen and oxygen atoms in total. The van der Waals surface area contributed by atoms with Crippen molar-refractivity contribution < 1.29 is 0 Å². The highest BCUT2D eigenvalue weighted by Gasteiger charge is 2.23. The lowest BCUT2D eigenvalue weighted by Crippen LogP contribution is -2.14. The Morgan fingerprint density at radius 3 is 2.67 bits per heavy atom. The molecule has 0 aromatic carbocycles. The third-order valence-corrected chi connectivity index (χ3v) is 2.92. The number of hydrogen-bond donors (Lipinski definition) is 2. The summed E-state index contributed by atoms with van der Waals surface area (Å²) in [6.07, 6.45) is 4.56. The average molecular weight is 206 g/mol. The third-order valence-electron chi connectivity index (χ3n) is 2.92. The smallest absolute Gasteiger partial charge is 0.147 e. The van der Waals surface area contributed by atoms with Gasteiger partial charge in [0.1, 0.15) is 11.6 Å². The summed E-state index contributed by atoms with van der Waals surface area (Å²) in [5, 5.41) is 0. The predicted octanol–water partition coefficient (Wildman–Crippen LogP) is 1.59. The van der Waals surface area contributed by atoms with Gasteiger partial charge in [0.05, 0.1) is 0 Å². The van der Waals surface area contributed by atoms with Gasteiger partial charge in [-0.1, -0.05) is 6.92 Å². The molecule has 0 bridgehead atoms. The van der Waals surface area contributed by atoms with Crippen molar-refractivity contribution in [3.8, 4) is 0 Å². The standard InChI is InChI=1S/C11H18N4/c1-3-9-7(2)13-10(6-8-4-5-8)14-11(9)15-12/h8H,3-6,12H2,1-2H3,(H,13,14,15). The number of aryl methyl sites for hydroxylation is 1. The summed E-state index contributed by atoms with van der Waals surface area (Å²) in [6.45, 7) is 4.12. The Morgan fingerprint density at radius 1 is 1.40 bits per heavy atom. The van der Waals surface area contributed by atoms with Gasteiger partial charge in [-0.15, -0.1) is 0 Å². The summed E-state index contributed by atoms with van der Waals surface area (Å²) in [6, 6.07) is 0. The van der Waals surface area contributed by atoms with Gasteiger partial charge in [-0.05, 0) is 32.1 Å². The zero-order valence-electron chi connectivity index (χ0n) is 9.38. The fraction of sp³-hybridized carbons (Fsp3) is 0.636. The zero-order chi connectivity index (χ0) is 10.8. The van der Waals surface area contributed by atoms with Gasteiger partial charge in [0.15, 0.2) is 0 Å². The number of anilines is 1. The maximum atomic E-state index is 5.47. The first kappa shape index (κ1) is 10.4. The minimum atomic E-state index is 0.792. The molecule has 1 aliphatic carbocycles. The zero-order valence-corrected chi connectivity index (χ0v) is 9.38. The second kappa shape index (κ2) is 4.14. The fourth-order valence-corrected chi connectivity index (χ4v) is 1.87. The van der Waals surface area contributed by atoms with Gasteiger partial charge in [0.25, 0.3) is 0 Å². The van der Waals surface area contributed by atoms with Crippen molar-refractivity contribution in [2.24, 2.45) is 11.8 Å². The first-order chi connectivity index (χ1) is 7.24. The van der Waals surface area contributed by atoms with Crippen LogP contribution in [-0.4, -0.2) is 9.97 Å². The van der Waals surface area contributed by atoms with E-state index in [-0.39, 0.29) is 0 Å². The summed E-state index contributed by atoms with van der Waals surface area (Å²) >= 11 is 0. The van der Waals surface area contributed by atoms with E-state index in [0.717, 1.165) is 41.7 Å². The largest absolute Gasteiger partial charge is 0.308 e. The van der Waals surface area contributed by atoms with Crippen molar-refractivity contribution in [2.75, 3.05) is 5.43 Å². The third kappa shape index (κ3) is 2.26. The lowest BCUT2D eigenvalue weighted by Gasteiger charge is -2.10. The van der Waals surface area contributed by atoms with E-state index in [1.165, 1.54) is 12.8 Å².